The molecule has 35 heavy (non-hydrogen) atoms. The molecule has 5 heteroatoms. The average molecular weight is 489 g/mol. The highest BCUT2D eigenvalue weighted by Crippen LogP contribution is 2.58. The molecule has 1 aliphatic heterocycles. The molecule has 0 aromatic rings. The van der Waals surface area contributed by atoms with Crippen molar-refractivity contribution in [3.8, 4) is 0 Å². The van der Waals surface area contributed by atoms with E-state index in [4.69, 9.17) is 4.74 Å². The minimum Gasteiger partial charge on any atom is -0.390 e. The first-order valence-electron chi connectivity index (χ1n) is 13.8. The van der Waals surface area contributed by atoms with Crippen LogP contribution in [0.2, 0.25) is 0 Å². The van der Waals surface area contributed by atoms with E-state index in [0.29, 0.717) is 25.7 Å². The summed E-state index contributed by atoms with van der Waals surface area (Å²) in [6.45, 7) is 16.3. The van der Waals surface area contributed by atoms with Crippen LogP contribution in [0.25, 0.3) is 0 Å². The molecular weight excluding hydrogens is 440 g/mol. The normalized spacial score (nSPS) is 45.5. The third-order valence-electron chi connectivity index (χ3n) is 11.1. The van der Waals surface area contributed by atoms with Gasteiger partial charge in [0.05, 0.1) is 17.3 Å². The van der Waals surface area contributed by atoms with Gasteiger partial charge in [-0.15, -0.1) is 0 Å². The van der Waals surface area contributed by atoms with Gasteiger partial charge in [-0.2, -0.15) is 0 Å². The van der Waals surface area contributed by atoms with Crippen LogP contribution in [-0.2, 0) is 14.3 Å². The predicted molar refractivity (Wildman–Crippen MR) is 137 cm³/mol. The lowest BCUT2D eigenvalue weighted by atomic mass is 9.56. The first-order chi connectivity index (χ1) is 15.9. The van der Waals surface area contributed by atoms with Crippen LogP contribution in [0.4, 0.5) is 0 Å². The van der Waals surface area contributed by atoms with Crippen molar-refractivity contribution in [2.75, 3.05) is 0 Å². The second kappa shape index (κ2) is 8.49. The summed E-state index contributed by atoms with van der Waals surface area (Å²) in [5, 5.41) is 22.7. The second-order valence-corrected chi connectivity index (χ2v) is 14.1. The quantitative estimate of drug-likeness (QED) is 0.544. The van der Waals surface area contributed by atoms with Crippen molar-refractivity contribution >= 4 is 11.6 Å². The SMILES string of the molecule is CC1=C(CC[C@@H]2[C@@]3(C)CCC(=O)C(C)(C)O[C@@H]3CC[C@]2(C)O)C(C)(C)[C@@H]2CC[C@@](C)(O)[C@@H]2CC1=O. The van der Waals surface area contributed by atoms with Crippen LogP contribution in [0.15, 0.2) is 11.1 Å². The Morgan fingerprint density at radius 3 is 2.17 bits per heavy atom. The van der Waals surface area contributed by atoms with Gasteiger partial charge < -0.3 is 14.9 Å². The molecule has 0 spiro atoms. The highest BCUT2D eigenvalue weighted by Gasteiger charge is 2.57. The Bertz CT molecular complexity index is 923. The van der Waals surface area contributed by atoms with Gasteiger partial charge in [-0.25, -0.2) is 0 Å². The Morgan fingerprint density at radius 1 is 0.886 bits per heavy atom. The van der Waals surface area contributed by atoms with Crippen molar-refractivity contribution in [3.05, 3.63) is 11.1 Å². The Labute approximate surface area is 212 Å². The van der Waals surface area contributed by atoms with Gasteiger partial charge in [-0.05, 0) is 114 Å². The summed E-state index contributed by atoms with van der Waals surface area (Å²) in [5.41, 5.74) is -0.889. The maximum Gasteiger partial charge on any atom is 0.164 e. The fourth-order valence-electron chi connectivity index (χ4n) is 8.66. The van der Waals surface area contributed by atoms with Gasteiger partial charge in [-0.3, -0.25) is 9.59 Å². The summed E-state index contributed by atoms with van der Waals surface area (Å²) in [7, 11) is 0. The van der Waals surface area contributed by atoms with Crippen molar-refractivity contribution in [1.82, 2.24) is 0 Å². The Kier molecular flexibility index (Phi) is 6.55. The van der Waals surface area contributed by atoms with Crippen LogP contribution in [0, 0.1) is 28.6 Å². The first kappa shape index (κ1) is 27.0. The molecular formula is C30H48O5. The van der Waals surface area contributed by atoms with Gasteiger partial charge in [0.2, 0.25) is 0 Å². The van der Waals surface area contributed by atoms with Gasteiger partial charge in [0.15, 0.2) is 11.6 Å². The number of carbonyl (C=O) groups is 2. The number of hydrogen-bond acceptors (Lipinski definition) is 5. The molecule has 1 heterocycles. The van der Waals surface area contributed by atoms with E-state index in [9.17, 15) is 19.8 Å². The highest BCUT2D eigenvalue weighted by molar-refractivity contribution is 5.96. The van der Waals surface area contributed by atoms with Gasteiger partial charge in [0.25, 0.3) is 0 Å². The van der Waals surface area contributed by atoms with Crippen LogP contribution in [0.5, 0.6) is 0 Å². The molecule has 0 aromatic carbocycles. The standard InChI is InChI=1S/C30H48O5/c1-18-19(26(2,3)20-11-15-29(7,33)21(20)17-22(18)31)9-10-23-28(6)14-12-24(32)27(4,5)35-25(28)13-16-30(23,8)34/h20-21,23,25,33-34H,9-17H2,1-8H3/t20-,21-,23-,25-,28-,29-,30+/m1/s1. The smallest absolute Gasteiger partial charge is 0.164 e. The van der Waals surface area contributed by atoms with E-state index in [1.54, 1.807) is 0 Å². The monoisotopic (exact) mass is 488 g/mol. The molecule has 0 bridgehead atoms. The zero-order valence-electron chi connectivity index (χ0n) is 23.3. The minimum atomic E-state index is -0.848. The Balaban J connectivity index is 1.65. The molecule has 4 aliphatic rings. The molecule has 2 saturated carbocycles. The average Bonchev–Trinajstić information content (AvgIpc) is 2.96. The number of allylic oxidation sites excluding steroid dienone is 2. The van der Waals surface area contributed by atoms with Crippen LogP contribution in [-0.4, -0.2) is 44.7 Å². The summed E-state index contributed by atoms with van der Waals surface area (Å²) in [6.07, 6.45) is 6.11. The highest BCUT2D eigenvalue weighted by atomic mass is 16.5. The summed E-state index contributed by atoms with van der Waals surface area (Å²) in [6, 6.07) is 0. The Morgan fingerprint density at radius 2 is 1.51 bits per heavy atom. The van der Waals surface area contributed by atoms with Crippen LogP contribution in [0.1, 0.15) is 113 Å². The molecule has 0 radical (unpaired) electrons. The van der Waals surface area contributed by atoms with Gasteiger partial charge in [0.1, 0.15) is 5.60 Å². The molecule has 7 atom stereocenters. The number of fused-ring (bicyclic) bond motifs is 2. The molecule has 0 amide bonds. The number of Topliss-reactive ketones (excluding diaryl/α,β-unsaturated/α-hetero) is 2. The number of hydrogen-bond donors (Lipinski definition) is 2. The lowest BCUT2D eigenvalue weighted by molar-refractivity contribution is -0.195. The number of ketones is 2. The zero-order valence-corrected chi connectivity index (χ0v) is 23.3. The van der Waals surface area contributed by atoms with Crippen molar-refractivity contribution in [3.63, 3.8) is 0 Å². The molecule has 5 nitrogen and oxygen atoms in total. The van der Waals surface area contributed by atoms with Crippen LogP contribution in [0.3, 0.4) is 0 Å². The Hall–Kier alpha value is -1.04. The predicted octanol–water partition coefficient (Wildman–Crippen LogP) is 5.55. The minimum absolute atomic E-state index is 0.0133. The number of aliphatic hydroxyl groups is 2. The van der Waals surface area contributed by atoms with E-state index in [-0.39, 0.29) is 46.3 Å². The summed E-state index contributed by atoms with van der Waals surface area (Å²) in [4.78, 5) is 26.1. The molecule has 0 aromatic heterocycles. The van der Waals surface area contributed by atoms with E-state index in [0.717, 1.165) is 37.7 Å². The molecule has 4 rings (SSSR count). The molecule has 0 unspecified atom stereocenters. The fourth-order valence-corrected chi connectivity index (χ4v) is 8.66. The maximum absolute atomic E-state index is 13.3. The lowest BCUT2D eigenvalue weighted by Gasteiger charge is -2.54. The third kappa shape index (κ3) is 4.38. The van der Waals surface area contributed by atoms with E-state index < -0.39 is 16.8 Å². The van der Waals surface area contributed by atoms with Crippen molar-refractivity contribution < 1.29 is 24.5 Å². The molecule has 198 valence electrons. The molecule has 1 saturated heterocycles. The fraction of sp³-hybridized carbons (Fsp3) is 0.867. The summed E-state index contributed by atoms with van der Waals surface area (Å²) in [5.74, 6) is 0.518. The second-order valence-electron chi connectivity index (χ2n) is 14.1. The molecule has 2 N–H and O–H groups in total. The van der Waals surface area contributed by atoms with Gasteiger partial charge in [0, 0.05) is 12.8 Å². The van der Waals surface area contributed by atoms with Crippen molar-refractivity contribution in [1.29, 1.82) is 0 Å². The van der Waals surface area contributed by atoms with Gasteiger partial charge >= 0.3 is 0 Å². The van der Waals surface area contributed by atoms with Crippen molar-refractivity contribution in [2.24, 2.45) is 28.6 Å². The van der Waals surface area contributed by atoms with E-state index >= 15 is 0 Å². The largest absolute Gasteiger partial charge is 0.390 e. The number of carbonyl (C=O) groups excluding carboxylic acids is 2. The van der Waals surface area contributed by atoms with E-state index in [1.165, 1.54) is 5.57 Å². The molecule has 3 aliphatic carbocycles. The zero-order chi connectivity index (χ0) is 26.2. The third-order valence-corrected chi connectivity index (χ3v) is 11.1. The summed E-state index contributed by atoms with van der Waals surface area (Å²) >= 11 is 0. The van der Waals surface area contributed by atoms with E-state index in [2.05, 4.69) is 20.8 Å². The van der Waals surface area contributed by atoms with Crippen LogP contribution >= 0.6 is 0 Å². The summed E-state index contributed by atoms with van der Waals surface area (Å²) < 4.78 is 6.46. The first-order valence-corrected chi connectivity index (χ1v) is 13.8. The van der Waals surface area contributed by atoms with Gasteiger partial charge in [-0.1, -0.05) is 26.3 Å². The molecule has 3 fully saturated rings. The topological polar surface area (TPSA) is 83.8 Å². The number of rotatable bonds is 3. The number of ether oxygens (including phenoxy) is 1. The lowest BCUT2D eigenvalue weighted by Crippen LogP contribution is -2.56. The van der Waals surface area contributed by atoms with Crippen molar-refractivity contribution in [2.45, 2.75) is 136 Å². The van der Waals surface area contributed by atoms with Crippen LogP contribution < -0.4 is 0 Å². The van der Waals surface area contributed by atoms with E-state index in [1.807, 2.05) is 34.6 Å². The maximum atomic E-state index is 13.3.